The summed E-state index contributed by atoms with van der Waals surface area (Å²) in [6.07, 6.45) is 1.97. The van der Waals surface area contributed by atoms with Gasteiger partial charge in [0.15, 0.2) is 0 Å². The van der Waals surface area contributed by atoms with Crippen LogP contribution in [-0.4, -0.2) is 23.0 Å². The summed E-state index contributed by atoms with van der Waals surface area (Å²) in [4.78, 5) is 20.2. The third-order valence-corrected chi connectivity index (χ3v) is 3.88. The monoisotopic (exact) mass is 284 g/mol. The van der Waals surface area contributed by atoms with Crippen molar-refractivity contribution in [1.29, 1.82) is 0 Å². The fraction of sp³-hybridized carbons (Fsp3) is 0.133. The van der Waals surface area contributed by atoms with E-state index in [1.165, 1.54) is 18.4 Å². The summed E-state index contributed by atoms with van der Waals surface area (Å²) >= 11 is 1.49. The molecule has 0 aliphatic heterocycles. The van der Waals surface area contributed by atoms with Crippen LogP contribution in [0.25, 0.3) is 21.5 Å². The quantitative estimate of drug-likeness (QED) is 0.694. The highest BCUT2D eigenvalue weighted by atomic mass is 32.1. The molecule has 4 nitrogen and oxygen atoms in total. The summed E-state index contributed by atoms with van der Waals surface area (Å²) in [5.41, 5.74) is 1.57. The largest absolute Gasteiger partial charge is 0.469 e. The van der Waals surface area contributed by atoms with Gasteiger partial charge in [-0.1, -0.05) is 24.3 Å². The van der Waals surface area contributed by atoms with Crippen LogP contribution in [0.5, 0.6) is 0 Å². The topological polar surface area (TPSA) is 52.1 Å². The number of aromatic nitrogens is 2. The lowest BCUT2D eigenvalue weighted by Crippen LogP contribution is -2.04. The molecule has 0 saturated carbocycles. The number of hydrogen-bond donors (Lipinski definition) is 0. The molecule has 100 valence electrons. The van der Waals surface area contributed by atoms with Crippen LogP contribution in [0.1, 0.15) is 5.69 Å². The highest BCUT2D eigenvalue weighted by molar-refractivity contribution is 7.13. The molecule has 0 saturated heterocycles. The fourth-order valence-corrected chi connectivity index (χ4v) is 2.84. The first kappa shape index (κ1) is 12.7. The van der Waals surface area contributed by atoms with Crippen LogP contribution >= 0.6 is 11.3 Å². The van der Waals surface area contributed by atoms with E-state index in [1.807, 2.05) is 35.7 Å². The maximum Gasteiger partial charge on any atom is 0.311 e. The molecule has 0 amide bonds. The summed E-state index contributed by atoms with van der Waals surface area (Å²) in [6.45, 7) is 0. The average molecular weight is 284 g/mol. The average Bonchev–Trinajstić information content (AvgIpc) is 2.94. The number of hydrogen-bond acceptors (Lipinski definition) is 5. The Morgan fingerprint density at radius 2 is 2.15 bits per heavy atom. The van der Waals surface area contributed by atoms with Crippen molar-refractivity contribution >= 4 is 28.1 Å². The minimum absolute atomic E-state index is 0.192. The molecule has 0 radical (unpaired) electrons. The number of rotatable bonds is 3. The van der Waals surface area contributed by atoms with E-state index in [1.54, 1.807) is 6.20 Å². The molecule has 0 aliphatic rings. The number of thiazole rings is 1. The van der Waals surface area contributed by atoms with Crippen molar-refractivity contribution in [2.24, 2.45) is 0 Å². The molecule has 5 heteroatoms. The van der Waals surface area contributed by atoms with E-state index in [9.17, 15) is 4.79 Å². The first-order chi connectivity index (χ1) is 9.78. The van der Waals surface area contributed by atoms with Crippen molar-refractivity contribution in [3.8, 4) is 10.7 Å². The van der Waals surface area contributed by atoms with Gasteiger partial charge in [0, 0.05) is 17.0 Å². The lowest BCUT2D eigenvalue weighted by molar-refractivity contribution is -0.139. The molecule has 3 rings (SSSR count). The molecular formula is C15H12N2O2S. The van der Waals surface area contributed by atoms with Gasteiger partial charge in [-0.15, -0.1) is 11.3 Å². The molecule has 0 spiro atoms. The zero-order valence-electron chi connectivity index (χ0n) is 10.9. The molecular weight excluding hydrogens is 272 g/mol. The number of methoxy groups -OCH3 is 1. The first-order valence-corrected chi connectivity index (χ1v) is 7.01. The van der Waals surface area contributed by atoms with Gasteiger partial charge in [-0.2, -0.15) is 0 Å². The van der Waals surface area contributed by atoms with Gasteiger partial charge in [0.25, 0.3) is 0 Å². The molecule has 1 aromatic carbocycles. The van der Waals surface area contributed by atoms with Crippen molar-refractivity contribution in [1.82, 2.24) is 9.97 Å². The lowest BCUT2D eigenvalue weighted by Gasteiger charge is -2.01. The molecule has 0 aliphatic carbocycles. The third kappa shape index (κ3) is 2.40. The standard InChI is InChI=1S/C15H12N2O2S/c1-19-13(18)8-11-9-20-15(17-11)14-12-5-3-2-4-10(12)6-7-16-14/h2-7,9H,8H2,1H3. The number of esters is 1. The smallest absolute Gasteiger partial charge is 0.311 e. The van der Waals surface area contributed by atoms with Gasteiger partial charge in [-0.05, 0) is 11.5 Å². The third-order valence-electron chi connectivity index (χ3n) is 2.98. The predicted octanol–water partition coefficient (Wildman–Crippen LogP) is 3.07. The Labute approximate surface area is 120 Å². The predicted molar refractivity (Wildman–Crippen MR) is 78.6 cm³/mol. The Balaban J connectivity index is 2.01. The number of fused-ring (bicyclic) bond motifs is 1. The minimum atomic E-state index is -0.285. The van der Waals surface area contributed by atoms with Gasteiger partial charge < -0.3 is 4.74 Å². The number of ether oxygens (including phenoxy) is 1. The second-order valence-electron chi connectivity index (χ2n) is 4.28. The second kappa shape index (κ2) is 5.38. The molecule has 0 unspecified atom stereocenters. The van der Waals surface area contributed by atoms with Gasteiger partial charge in [0.2, 0.25) is 0 Å². The molecule has 2 heterocycles. The van der Waals surface area contributed by atoms with Crippen LogP contribution in [0.4, 0.5) is 0 Å². The van der Waals surface area contributed by atoms with E-state index in [-0.39, 0.29) is 12.4 Å². The van der Waals surface area contributed by atoms with Crippen molar-refractivity contribution in [2.45, 2.75) is 6.42 Å². The van der Waals surface area contributed by atoms with E-state index >= 15 is 0 Å². The Morgan fingerprint density at radius 3 is 3.00 bits per heavy atom. The SMILES string of the molecule is COC(=O)Cc1csc(-c2nccc3ccccc23)n1. The zero-order chi connectivity index (χ0) is 13.9. The summed E-state index contributed by atoms with van der Waals surface area (Å²) in [7, 11) is 1.38. The lowest BCUT2D eigenvalue weighted by atomic mass is 10.1. The molecule has 3 aromatic rings. The molecule has 0 bridgehead atoms. The van der Waals surface area contributed by atoms with E-state index in [4.69, 9.17) is 0 Å². The number of benzene rings is 1. The van der Waals surface area contributed by atoms with E-state index in [0.29, 0.717) is 5.69 Å². The Bertz CT molecular complexity index is 762. The molecule has 0 fully saturated rings. The van der Waals surface area contributed by atoms with Crippen LogP contribution in [0.2, 0.25) is 0 Å². The molecule has 2 aromatic heterocycles. The minimum Gasteiger partial charge on any atom is -0.469 e. The summed E-state index contributed by atoms with van der Waals surface area (Å²) < 4.78 is 4.65. The Kier molecular flexibility index (Phi) is 3.43. The summed E-state index contributed by atoms with van der Waals surface area (Å²) in [6, 6.07) is 10.0. The second-order valence-corrected chi connectivity index (χ2v) is 5.14. The van der Waals surface area contributed by atoms with Crippen LogP contribution in [0.15, 0.2) is 41.9 Å². The Morgan fingerprint density at radius 1 is 1.30 bits per heavy atom. The van der Waals surface area contributed by atoms with Crippen LogP contribution in [0.3, 0.4) is 0 Å². The van der Waals surface area contributed by atoms with Gasteiger partial charge in [0.1, 0.15) is 10.7 Å². The highest BCUT2D eigenvalue weighted by Crippen LogP contribution is 2.28. The van der Waals surface area contributed by atoms with E-state index in [0.717, 1.165) is 21.5 Å². The first-order valence-electron chi connectivity index (χ1n) is 6.13. The van der Waals surface area contributed by atoms with Gasteiger partial charge in [-0.3, -0.25) is 9.78 Å². The normalized spacial score (nSPS) is 10.7. The van der Waals surface area contributed by atoms with E-state index < -0.39 is 0 Å². The number of carbonyl (C=O) groups excluding carboxylic acids is 1. The highest BCUT2D eigenvalue weighted by Gasteiger charge is 2.12. The van der Waals surface area contributed by atoms with Gasteiger partial charge in [-0.25, -0.2) is 4.98 Å². The van der Waals surface area contributed by atoms with Crippen LogP contribution in [-0.2, 0) is 16.0 Å². The van der Waals surface area contributed by atoms with Crippen molar-refractivity contribution in [3.63, 3.8) is 0 Å². The number of nitrogens with zero attached hydrogens (tertiary/aromatic N) is 2. The van der Waals surface area contributed by atoms with Gasteiger partial charge in [0.05, 0.1) is 19.2 Å². The number of pyridine rings is 1. The van der Waals surface area contributed by atoms with Crippen molar-refractivity contribution in [2.75, 3.05) is 7.11 Å². The molecule has 20 heavy (non-hydrogen) atoms. The van der Waals surface area contributed by atoms with E-state index in [2.05, 4.69) is 14.7 Å². The van der Waals surface area contributed by atoms with Gasteiger partial charge >= 0.3 is 5.97 Å². The maximum atomic E-state index is 11.3. The number of carbonyl (C=O) groups is 1. The summed E-state index contributed by atoms with van der Waals surface area (Å²) in [5, 5.41) is 4.88. The Hall–Kier alpha value is -2.27. The maximum absolute atomic E-state index is 11.3. The molecule has 0 atom stereocenters. The zero-order valence-corrected chi connectivity index (χ0v) is 11.7. The van der Waals surface area contributed by atoms with Crippen LogP contribution < -0.4 is 0 Å². The van der Waals surface area contributed by atoms with Crippen LogP contribution in [0, 0.1) is 0 Å². The van der Waals surface area contributed by atoms with Crippen molar-refractivity contribution in [3.05, 3.63) is 47.6 Å². The fourth-order valence-electron chi connectivity index (χ4n) is 2.01. The molecule has 0 N–H and O–H groups in total. The van der Waals surface area contributed by atoms with Crippen molar-refractivity contribution < 1.29 is 9.53 Å². The summed E-state index contributed by atoms with van der Waals surface area (Å²) in [5.74, 6) is -0.285.